The van der Waals surface area contributed by atoms with Crippen molar-refractivity contribution in [1.29, 1.82) is 0 Å². The highest BCUT2D eigenvalue weighted by Gasteiger charge is 2.22. The molecule has 1 aliphatic rings. The molecule has 0 saturated heterocycles. The first-order valence-electron chi connectivity index (χ1n) is 19.9. The maximum Gasteiger partial charge on any atom is 0.0546 e. The Balaban J connectivity index is 0.000000670. The fourth-order valence-electron chi connectivity index (χ4n) is 6.59. The van der Waals surface area contributed by atoms with Crippen molar-refractivity contribution in [2.24, 2.45) is 0 Å². The molecule has 7 aromatic carbocycles. The summed E-state index contributed by atoms with van der Waals surface area (Å²) in [5.41, 5.74) is 6.85. The fourth-order valence-corrected chi connectivity index (χ4v) is 6.59. The number of hydrogen-bond acceptors (Lipinski definition) is 2. The largest absolute Gasteiger partial charge is 0.310 e. The van der Waals surface area contributed by atoms with Gasteiger partial charge >= 0.3 is 0 Å². The number of allylic oxidation sites excluding steroid dienone is 5. The predicted octanol–water partition coefficient (Wildman–Crippen LogP) is 16.6. The predicted molar refractivity (Wildman–Crippen MR) is 243 cm³/mol. The molecule has 0 radical (unpaired) electrons. The molecule has 0 unspecified atom stereocenters. The third-order valence-electron chi connectivity index (χ3n) is 8.59. The first-order valence-corrected chi connectivity index (χ1v) is 19.9. The van der Waals surface area contributed by atoms with E-state index in [1.54, 1.807) is 0 Å². The van der Waals surface area contributed by atoms with Crippen LogP contribution in [0.15, 0.2) is 188 Å². The van der Waals surface area contributed by atoms with Gasteiger partial charge in [-0.2, -0.15) is 0 Å². The molecule has 2 heteroatoms. The Labute approximate surface area is 325 Å². The van der Waals surface area contributed by atoms with Gasteiger partial charge in [0, 0.05) is 33.5 Å². The zero-order valence-electron chi connectivity index (χ0n) is 33.6. The molecule has 0 spiro atoms. The van der Waals surface area contributed by atoms with E-state index in [9.17, 15) is 0 Å². The Kier molecular flexibility index (Phi) is 16.4. The third-order valence-corrected chi connectivity index (χ3v) is 8.59. The molecule has 54 heavy (non-hydrogen) atoms. The maximum absolute atomic E-state index is 2.40. The summed E-state index contributed by atoms with van der Waals surface area (Å²) >= 11 is 0. The van der Waals surface area contributed by atoms with Gasteiger partial charge in [-0.25, -0.2) is 0 Å². The number of anilines is 5. The van der Waals surface area contributed by atoms with Crippen LogP contribution in [-0.4, -0.2) is 0 Å². The number of para-hydroxylation sites is 3. The van der Waals surface area contributed by atoms with Gasteiger partial charge in [0.2, 0.25) is 0 Å². The van der Waals surface area contributed by atoms with E-state index in [0.717, 1.165) is 40.6 Å². The zero-order chi connectivity index (χ0) is 38.7. The van der Waals surface area contributed by atoms with Crippen molar-refractivity contribution in [3.05, 3.63) is 188 Å². The van der Waals surface area contributed by atoms with E-state index in [0.29, 0.717) is 0 Å². The van der Waals surface area contributed by atoms with Gasteiger partial charge in [-0.1, -0.05) is 183 Å². The lowest BCUT2D eigenvalue weighted by Gasteiger charge is -2.30. The van der Waals surface area contributed by atoms with Crippen molar-refractivity contribution >= 4 is 60.8 Å². The molecule has 8 rings (SSSR count). The number of hydrogen-bond donors (Lipinski definition) is 0. The number of fused-ring (bicyclic) bond motifs is 5. The molecule has 0 saturated carbocycles. The molecule has 276 valence electrons. The minimum Gasteiger partial charge on any atom is -0.310 e. The van der Waals surface area contributed by atoms with E-state index < -0.39 is 0 Å². The lowest BCUT2D eigenvalue weighted by atomic mass is 9.93. The van der Waals surface area contributed by atoms with Gasteiger partial charge in [-0.3, -0.25) is 0 Å². The first-order chi connectivity index (χ1) is 26.8. The van der Waals surface area contributed by atoms with Gasteiger partial charge in [0.05, 0.1) is 11.4 Å². The summed E-state index contributed by atoms with van der Waals surface area (Å²) in [7, 11) is 0. The van der Waals surface area contributed by atoms with Gasteiger partial charge in [0.25, 0.3) is 0 Å². The average molecular weight is 711 g/mol. The summed E-state index contributed by atoms with van der Waals surface area (Å²) in [5, 5.41) is 7.35. The molecule has 0 aliphatic heterocycles. The zero-order valence-corrected chi connectivity index (χ0v) is 33.6. The number of rotatable bonds is 6. The maximum atomic E-state index is 2.40. The van der Waals surface area contributed by atoms with Crippen molar-refractivity contribution in [2.75, 3.05) is 9.80 Å². The minimum absolute atomic E-state index is 0.924. The molecule has 2 nitrogen and oxygen atoms in total. The SMILES string of the molecule is C1=CCC=CC(N(c2ccccc2)c2cc3c4ccccc4c(N(c4ccccc4)c4ccccc4)cc3c3ccccc23)=C1.CC.CC.CC.CCC. The molecule has 0 amide bonds. The molecule has 0 atom stereocenters. The Morgan fingerprint density at radius 1 is 0.407 bits per heavy atom. The second kappa shape index (κ2) is 21.6. The summed E-state index contributed by atoms with van der Waals surface area (Å²) in [6.45, 7) is 16.2. The summed E-state index contributed by atoms with van der Waals surface area (Å²) < 4.78 is 0. The van der Waals surface area contributed by atoms with Gasteiger partial charge in [-0.15, -0.1) is 0 Å². The van der Waals surface area contributed by atoms with Gasteiger partial charge < -0.3 is 9.80 Å². The Bertz CT molecular complexity index is 2210. The topological polar surface area (TPSA) is 6.48 Å². The van der Waals surface area contributed by atoms with Gasteiger partial charge in [0.15, 0.2) is 0 Å². The van der Waals surface area contributed by atoms with Crippen LogP contribution >= 0.6 is 0 Å². The Hall–Kier alpha value is -5.86. The van der Waals surface area contributed by atoms with Gasteiger partial charge in [-0.05, 0) is 88.6 Å². The molecule has 0 heterocycles. The lowest BCUT2D eigenvalue weighted by Crippen LogP contribution is -2.15. The molecule has 0 bridgehead atoms. The Morgan fingerprint density at radius 3 is 1.19 bits per heavy atom. The van der Waals surface area contributed by atoms with Crippen molar-refractivity contribution < 1.29 is 0 Å². The summed E-state index contributed by atoms with van der Waals surface area (Å²) in [4.78, 5) is 4.78. The summed E-state index contributed by atoms with van der Waals surface area (Å²) in [6.07, 6.45) is 13.2. The van der Waals surface area contributed by atoms with Crippen LogP contribution in [-0.2, 0) is 0 Å². The van der Waals surface area contributed by atoms with Crippen molar-refractivity contribution in [3.63, 3.8) is 0 Å². The van der Waals surface area contributed by atoms with E-state index in [4.69, 9.17) is 0 Å². The molecular formula is C52H58N2. The van der Waals surface area contributed by atoms with E-state index in [-0.39, 0.29) is 0 Å². The monoisotopic (exact) mass is 710 g/mol. The number of nitrogens with zero attached hydrogens (tertiary/aromatic N) is 2. The van der Waals surface area contributed by atoms with Gasteiger partial charge in [0.1, 0.15) is 0 Å². The van der Waals surface area contributed by atoms with Crippen LogP contribution in [0.2, 0.25) is 0 Å². The van der Waals surface area contributed by atoms with Crippen LogP contribution < -0.4 is 9.80 Å². The van der Waals surface area contributed by atoms with Crippen LogP contribution in [0.4, 0.5) is 28.4 Å². The van der Waals surface area contributed by atoms with Crippen LogP contribution in [0, 0.1) is 0 Å². The van der Waals surface area contributed by atoms with Crippen molar-refractivity contribution in [3.8, 4) is 0 Å². The molecule has 0 N–H and O–H groups in total. The van der Waals surface area contributed by atoms with Crippen LogP contribution in [0.5, 0.6) is 0 Å². The second-order valence-electron chi connectivity index (χ2n) is 12.0. The number of benzene rings is 7. The minimum atomic E-state index is 0.924. The highest BCUT2D eigenvalue weighted by atomic mass is 15.2. The summed E-state index contributed by atoms with van der Waals surface area (Å²) in [6, 6.07) is 54.5. The average Bonchev–Trinajstić information content (AvgIpc) is 3.54. The Morgan fingerprint density at radius 2 is 0.759 bits per heavy atom. The van der Waals surface area contributed by atoms with E-state index in [1.807, 2.05) is 41.5 Å². The quantitative estimate of drug-likeness (QED) is 0.159. The van der Waals surface area contributed by atoms with Crippen LogP contribution in [0.25, 0.3) is 32.3 Å². The molecule has 1 aliphatic carbocycles. The van der Waals surface area contributed by atoms with Crippen molar-refractivity contribution in [1.82, 2.24) is 0 Å². The first kappa shape index (κ1) is 40.9. The lowest BCUT2D eigenvalue weighted by molar-refractivity contribution is 1.09. The third kappa shape index (κ3) is 9.19. The van der Waals surface area contributed by atoms with E-state index in [1.165, 1.54) is 38.7 Å². The van der Waals surface area contributed by atoms with Crippen LogP contribution in [0.3, 0.4) is 0 Å². The van der Waals surface area contributed by atoms with E-state index in [2.05, 4.69) is 206 Å². The normalized spacial score (nSPS) is 11.3. The standard InChI is InChI=1S/C43H32N2.C3H8.3C2H6/c1-2-7-19-32(18-6-1)44(33-20-8-3-9-21-33)42-30-40-37-27-15-17-29-39(37)43(31-41(40)36-26-14-16-28-38(36)42)45(34-22-10-4-11-23-34)35-24-12-5-13-25-35;1-3-2;3*1-2/h1,3-31H,2H2;3H2,1-2H3;3*1-2H3. The highest BCUT2D eigenvalue weighted by Crippen LogP contribution is 2.46. The molecule has 0 fully saturated rings. The smallest absolute Gasteiger partial charge is 0.0546 e. The highest BCUT2D eigenvalue weighted by molar-refractivity contribution is 6.24. The summed E-state index contributed by atoms with van der Waals surface area (Å²) in [5.74, 6) is 0. The fraction of sp³-hybridized carbons (Fsp3) is 0.192. The van der Waals surface area contributed by atoms with Crippen molar-refractivity contribution in [2.45, 2.75) is 68.2 Å². The second-order valence-corrected chi connectivity index (χ2v) is 12.0. The van der Waals surface area contributed by atoms with E-state index >= 15 is 0 Å². The van der Waals surface area contributed by atoms with Crippen LogP contribution in [0.1, 0.15) is 68.2 Å². The molecule has 7 aromatic rings. The molecular weight excluding hydrogens is 653 g/mol. The molecule has 0 aromatic heterocycles.